The number of carbonyl (C=O) groups excluding carboxylic acids is 1. The number of aromatic nitrogens is 1. The molecule has 0 spiro atoms. The number of thioether (sulfide) groups is 1. The molecule has 0 unspecified atom stereocenters. The topological polar surface area (TPSA) is 118 Å². The molecule has 1 aliphatic rings. The first-order valence-corrected chi connectivity index (χ1v) is 11.0. The quantitative estimate of drug-likeness (QED) is 0.509. The van der Waals surface area contributed by atoms with Crippen molar-refractivity contribution < 1.29 is 22.5 Å². The van der Waals surface area contributed by atoms with E-state index in [0.717, 1.165) is 29.4 Å². The fourth-order valence-electron chi connectivity index (χ4n) is 2.47. The van der Waals surface area contributed by atoms with Gasteiger partial charge in [0.25, 0.3) is 5.91 Å². The number of rotatable bonds is 7. The second kappa shape index (κ2) is 9.21. The van der Waals surface area contributed by atoms with Crippen molar-refractivity contribution >= 4 is 39.2 Å². The minimum Gasteiger partial charge on any atom is -0.493 e. The van der Waals surface area contributed by atoms with Crippen molar-refractivity contribution in [2.24, 2.45) is 4.40 Å². The van der Waals surface area contributed by atoms with Crippen LogP contribution in [0.5, 0.6) is 5.75 Å². The van der Waals surface area contributed by atoms with E-state index in [9.17, 15) is 13.2 Å². The van der Waals surface area contributed by atoms with Gasteiger partial charge >= 0.3 is 10.3 Å². The summed E-state index contributed by atoms with van der Waals surface area (Å²) in [6.07, 6.45) is 5.12. The maximum atomic E-state index is 11.9. The van der Waals surface area contributed by atoms with Gasteiger partial charge in [-0.1, -0.05) is 25.1 Å². The molecule has 1 amide bonds. The van der Waals surface area contributed by atoms with Crippen LogP contribution in [0.25, 0.3) is 6.08 Å². The molecule has 29 heavy (non-hydrogen) atoms. The van der Waals surface area contributed by atoms with Crippen LogP contribution in [0, 0.1) is 0 Å². The summed E-state index contributed by atoms with van der Waals surface area (Å²) in [4.78, 5) is 16.5. The van der Waals surface area contributed by atoms with E-state index >= 15 is 0 Å². The first-order chi connectivity index (χ1) is 13.8. The van der Waals surface area contributed by atoms with Crippen LogP contribution in [0.15, 0.2) is 51.9 Å². The number of hydrogen-bond donors (Lipinski definition) is 2. The van der Waals surface area contributed by atoms with Gasteiger partial charge in [-0.15, -0.1) is 4.40 Å². The van der Waals surface area contributed by atoms with Gasteiger partial charge in [0.2, 0.25) is 0 Å². The third-order valence-corrected chi connectivity index (χ3v) is 5.39. The van der Waals surface area contributed by atoms with Crippen molar-refractivity contribution in [2.75, 3.05) is 6.61 Å². The molecule has 2 aromatic rings. The Labute approximate surface area is 173 Å². The van der Waals surface area contributed by atoms with E-state index in [2.05, 4.69) is 27.7 Å². The minimum atomic E-state index is -4.56. The Morgan fingerprint density at radius 3 is 2.62 bits per heavy atom. The highest BCUT2D eigenvalue weighted by Crippen LogP contribution is 2.27. The molecule has 8 nitrogen and oxygen atoms in total. The molecule has 1 saturated heterocycles. The molecule has 1 aromatic heterocycles. The van der Waals surface area contributed by atoms with E-state index in [1.807, 2.05) is 12.3 Å². The van der Waals surface area contributed by atoms with Crippen molar-refractivity contribution in [2.45, 2.75) is 19.8 Å². The van der Waals surface area contributed by atoms with Gasteiger partial charge in [0, 0.05) is 18.3 Å². The van der Waals surface area contributed by atoms with Gasteiger partial charge in [-0.3, -0.25) is 19.6 Å². The third kappa shape index (κ3) is 6.41. The van der Waals surface area contributed by atoms with E-state index < -0.39 is 16.2 Å². The number of amides is 1. The van der Waals surface area contributed by atoms with Crippen LogP contribution in [0.3, 0.4) is 0 Å². The second-order valence-corrected chi connectivity index (χ2v) is 8.20. The van der Waals surface area contributed by atoms with Crippen molar-refractivity contribution in [3.63, 3.8) is 0 Å². The highest BCUT2D eigenvalue weighted by molar-refractivity contribution is 8.19. The van der Waals surface area contributed by atoms with Crippen LogP contribution in [0.1, 0.15) is 23.7 Å². The number of hydrogen-bond acceptors (Lipinski definition) is 6. The van der Waals surface area contributed by atoms with Crippen LogP contribution in [-0.4, -0.2) is 35.6 Å². The zero-order valence-corrected chi connectivity index (χ0v) is 17.2. The number of pyridine rings is 1. The standard InChI is InChI=1S/C19H19N3O5S2/c1-2-13-3-6-15(20-12-13)9-10-27-16-7-4-14(5-8-16)11-17-18(23)21-19(28-17)22-29(24,25)26/h3-8,11-12H,2,9-10H2,1H3,(H,21,22,23)(H,24,25,26). The Balaban J connectivity index is 1.56. The Kier molecular flexibility index (Phi) is 6.68. The Morgan fingerprint density at radius 1 is 1.24 bits per heavy atom. The maximum Gasteiger partial charge on any atom is 0.380 e. The van der Waals surface area contributed by atoms with E-state index in [0.29, 0.717) is 18.8 Å². The summed E-state index contributed by atoms with van der Waals surface area (Å²) in [5.74, 6) is 0.203. The molecule has 0 radical (unpaired) electrons. The van der Waals surface area contributed by atoms with E-state index in [-0.39, 0.29) is 10.1 Å². The lowest BCUT2D eigenvalue weighted by Crippen LogP contribution is -2.20. The molecule has 1 aliphatic heterocycles. The second-order valence-electron chi connectivity index (χ2n) is 6.09. The third-order valence-electron chi connectivity index (χ3n) is 3.95. The normalized spacial score (nSPS) is 17.0. The number of nitrogens with one attached hydrogen (secondary N) is 1. The maximum absolute atomic E-state index is 11.9. The van der Waals surface area contributed by atoms with Crippen LogP contribution in [-0.2, 0) is 27.9 Å². The molecular formula is C19H19N3O5S2. The SMILES string of the molecule is CCc1ccc(CCOc2ccc(C=C3SC(=NS(=O)(=O)O)NC3=O)cc2)nc1. The van der Waals surface area contributed by atoms with Crippen LogP contribution >= 0.6 is 11.8 Å². The average Bonchev–Trinajstić information content (AvgIpc) is 3.00. The van der Waals surface area contributed by atoms with Crippen molar-refractivity contribution in [1.29, 1.82) is 0 Å². The van der Waals surface area contributed by atoms with Gasteiger partial charge in [-0.2, -0.15) is 8.42 Å². The van der Waals surface area contributed by atoms with Crippen molar-refractivity contribution in [3.05, 3.63) is 64.3 Å². The zero-order valence-electron chi connectivity index (χ0n) is 15.5. The lowest BCUT2D eigenvalue weighted by Gasteiger charge is -2.07. The average molecular weight is 434 g/mol. The minimum absolute atomic E-state index is 0.190. The fourth-order valence-corrected chi connectivity index (χ4v) is 3.85. The van der Waals surface area contributed by atoms with Crippen LogP contribution < -0.4 is 10.1 Å². The summed E-state index contributed by atoms with van der Waals surface area (Å²) in [5, 5.41) is 2.09. The Bertz CT molecular complexity index is 1050. The van der Waals surface area contributed by atoms with Crippen molar-refractivity contribution in [3.8, 4) is 5.75 Å². The van der Waals surface area contributed by atoms with Crippen LogP contribution in [0.2, 0.25) is 0 Å². The summed E-state index contributed by atoms with van der Waals surface area (Å²) >= 11 is 0.832. The van der Waals surface area contributed by atoms with E-state index in [1.165, 1.54) is 5.56 Å². The first-order valence-electron chi connectivity index (χ1n) is 8.77. The molecule has 0 saturated carbocycles. The number of nitrogens with zero attached hydrogens (tertiary/aromatic N) is 2. The van der Waals surface area contributed by atoms with Crippen LogP contribution in [0.4, 0.5) is 0 Å². The summed E-state index contributed by atoms with van der Waals surface area (Å²) in [5.41, 5.74) is 2.90. The van der Waals surface area contributed by atoms with Gasteiger partial charge in [0.1, 0.15) is 5.75 Å². The summed E-state index contributed by atoms with van der Waals surface area (Å²) in [6, 6.07) is 11.2. The predicted octanol–water partition coefficient (Wildman–Crippen LogP) is 2.63. The number of carbonyl (C=O) groups is 1. The number of ether oxygens (including phenoxy) is 1. The summed E-state index contributed by atoms with van der Waals surface area (Å²) in [6.45, 7) is 2.58. The molecule has 2 heterocycles. The van der Waals surface area contributed by atoms with Gasteiger partial charge in [0.15, 0.2) is 5.17 Å². The first kappa shape index (κ1) is 21.0. The Morgan fingerprint density at radius 2 is 2.00 bits per heavy atom. The van der Waals surface area contributed by atoms with Gasteiger partial charge in [-0.25, -0.2) is 0 Å². The molecule has 10 heteroatoms. The molecule has 0 bridgehead atoms. The number of amidine groups is 1. The number of aryl methyl sites for hydroxylation is 1. The van der Waals surface area contributed by atoms with Gasteiger partial charge in [-0.05, 0) is 53.6 Å². The monoisotopic (exact) mass is 433 g/mol. The summed E-state index contributed by atoms with van der Waals surface area (Å²) < 4.78 is 39.0. The molecule has 1 fully saturated rings. The van der Waals surface area contributed by atoms with Gasteiger partial charge in [0.05, 0.1) is 11.5 Å². The van der Waals surface area contributed by atoms with E-state index in [1.54, 1.807) is 30.3 Å². The molecule has 2 N–H and O–H groups in total. The Hall–Kier alpha value is -2.69. The lowest BCUT2D eigenvalue weighted by atomic mass is 10.2. The highest BCUT2D eigenvalue weighted by atomic mass is 32.2. The highest BCUT2D eigenvalue weighted by Gasteiger charge is 2.25. The molecule has 152 valence electrons. The molecule has 3 rings (SSSR count). The zero-order chi connectivity index (χ0) is 20.9. The molecule has 0 atom stereocenters. The van der Waals surface area contributed by atoms with E-state index in [4.69, 9.17) is 9.29 Å². The fraction of sp³-hybridized carbons (Fsp3) is 0.211. The van der Waals surface area contributed by atoms with Gasteiger partial charge < -0.3 is 4.74 Å². The smallest absolute Gasteiger partial charge is 0.380 e. The molecular weight excluding hydrogens is 414 g/mol. The van der Waals surface area contributed by atoms with Crippen molar-refractivity contribution in [1.82, 2.24) is 10.3 Å². The largest absolute Gasteiger partial charge is 0.493 e. The summed E-state index contributed by atoms with van der Waals surface area (Å²) in [7, 11) is -4.56. The lowest BCUT2D eigenvalue weighted by molar-refractivity contribution is -0.115. The molecule has 0 aliphatic carbocycles. The number of benzene rings is 1. The molecule has 1 aromatic carbocycles. The predicted molar refractivity (Wildman–Crippen MR) is 112 cm³/mol.